The maximum atomic E-state index is 12.2. The van der Waals surface area contributed by atoms with Gasteiger partial charge in [-0.3, -0.25) is 9.59 Å². The molecule has 0 aliphatic rings. The van der Waals surface area contributed by atoms with Crippen LogP contribution in [0.25, 0.3) is 0 Å². The summed E-state index contributed by atoms with van der Waals surface area (Å²) in [6, 6.07) is 12.5. The highest BCUT2D eigenvalue weighted by Gasteiger charge is 2.09. The summed E-state index contributed by atoms with van der Waals surface area (Å²) in [5.74, 6) is 0.633. The lowest BCUT2D eigenvalue weighted by Gasteiger charge is -2.11. The van der Waals surface area contributed by atoms with Crippen LogP contribution < -0.4 is 10.1 Å². The molecule has 0 heterocycles. The molecule has 0 aliphatic carbocycles. The van der Waals surface area contributed by atoms with Gasteiger partial charge < -0.3 is 15.0 Å². The molecule has 0 fully saturated rings. The molecule has 0 radical (unpaired) electrons. The first kappa shape index (κ1) is 17.5. The molecule has 0 saturated carbocycles. The van der Waals surface area contributed by atoms with Gasteiger partial charge in [0.15, 0.2) is 0 Å². The fourth-order valence-corrected chi connectivity index (χ4v) is 2.40. The van der Waals surface area contributed by atoms with Crippen LogP contribution in [0.4, 0.5) is 5.69 Å². The van der Waals surface area contributed by atoms with Crippen molar-refractivity contribution in [1.82, 2.24) is 4.90 Å². The summed E-state index contributed by atoms with van der Waals surface area (Å²) < 4.78 is 5.22. The van der Waals surface area contributed by atoms with Crippen LogP contribution in [0.2, 0.25) is 0 Å². The second-order valence-electron chi connectivity index (χ2n) is 5.81. The van der Waals surface area contributed by atoms with Crippen LogP contribution >= 0.6 is 0 Å². The van der Waals surface area contributed by atoms with E-state index in [0.29, 0.717) is 11.3 Å². The van der Waals surface area contributed by atoms with E-state index in [1.165, 1.54) is 4.90 Å². The van der Waals surface area contributed by atoms with E-state index < -0.39 is 0 Å². The number of benzene rings is 2. The molecular formula is C19H22N2O3. The molecule has 0 aliphatic heterocycles. The molecule has 0 saturated heterocycles. The molecular weight excluding hydrogens is 304 g/mol. The zero-order valence-corrected chi connectivity index (χ0v) is 14.4. The summed E-state index contributed by atoms with van der Waals surface area (Å²) in [6.45, 7) is 1.95. The van der Waals surface area contributed by atoms with Crippen LogP contribution in [0, 0.1) is 6.92 Å². The van der Waals surface area contributed by atoms with Gasteiger partial charge in [-0.05, 0) is 48.4 Å². The summed E-state index contributed by atoms with van der Waals surface area (Å²) >= 11 is 0. The van der Waals surface area contributed by atoms with E-state index in [4.69, 9.17) is 4.74 Å². The zero-order valence-electron chi connectivity index (χ0n) is 14.4. The predicted molar refractivity (Wildman–Crippen MR) is 94.5 cm³/mol. The van der Waals surface area contributed by atoms with Gasteiger partial charge in [-0.1, -0.05) is 12.1 Å². The Kier molecular flexibility index (Phi) is 5.58. The summed E-state index contributed by atoms with van der Waals surface area (Å²) in [5.41, 5.74) is 3.17. The topological polar surface area (TPSA) is 58.6 Å². The van der Waals surface area contributed by atoms with Crippen LogP contribution in [0.15, 0.2) is 42.5 Å². The molecule has 126 valence electrons. The van der Waals surface area contributed by atoms with E-state index >= 15 is 0 Å². The minimum Gasteiger partial charge on any atom is -0.496 e. The second-order valence-corrected chi connectivity index (χ2v) is 5.81. The van der Waals surface area contributed by atoms with Gasteiger partial charge in [-0.25, -0.2) is 0 Å². The summed E-state index contributed by atoms with van der Waals surface area (Å²) in [6.07, 6.45) is 0.281. The highest BCUT2D eigenvalue weighted by molar-refractivity contribution is 5.96. The maximum absolute atomic E-state index is 12.2. The summed E-state index contributed by atoms with van der Waals surface area (Å²) in [7, 11) is 5.03. The number of carbonyl (C=O) groups excluding carboxylic acids is 2. The van der Waals surface area contributed by atoms with Crippen molar-refractivity contribution in [1.29, 1.82) is 0 Å². The Morgan fingerprint density at radius 3 is 2.29 bits per heavy atom. The first-order valence-electron chi connectivity index (χ1n) is 7.66. The fraction of sp³-hybridized carbons (Fsp3) is 0.263. The van der Waals surface area contributed by atoms with Gasteiger partial charge in [0.1, 0.15) is 5.75 Å². The second kappa shape index (κ2) is 7.64. The Morgan fingerprint density at radius 1 is 1.08 bits per heavy atom. The molecule has 2 aromatic carbocycles. The molecule has 1 N–H and O–H groups in total. The number of ether oxygens (including phenoxy) is 1. The van der Waals surface area contributed by atoms with Crippen molar-refractivity contribution in [3.05, 3.63) is 59.2 Å². The Balaban J connectivity index is 1.99. The van der Waals surface area contributed by atoms with Crippen molar-refractivity contribution in [2.45, 2.75) is 13.3 Å². The van der Waals surface area contributed by atoms with Crippen molar-refractivity contribution in [3.63, 3.8) is 0 Å². The van der Waals surface area contributed by atoms with Crippen LogP contribution in [0.5, 0.6) is 5.75 Å². The number of aryl methyl sites for hydroxylation is 1. The predicted octanol–water partition coefficient (Wildman–Crippen LogP) is 2.89. The lowest BCUT2D eigenvalue weighted by Crippen LogP contribution is -2.21. The molecule has 2 aromatic rings. The highest BCUT2D eigenvalue weighted by Crippen LogP contribution is 2.19. The molecule has 0 aromatic heterocycles. The third kappa shape index (κ3) is 4.35. The number of carbonyl (C=O) groups is 2. The Morgan fingerprint density at radius 2 is 1.75 bits per heavy atom. The summed E-state index contributed by atoms with van der Waals surface area (Å²) in [5, 5.41) is 2.84. The average molecular weight is 326 g/mol. The molecule has 5 nitrogen and oxygen atoms in total. The van der Waals surface area contributed by atoms with Gasteiger partial charge in [0.05, 0.1) is 13.5 Å². The molecule has 0 atom stereocenters. The molecule has 2 amide bonds. The number of methoxy groups -OCH3 is 1. The molecule has 0 unspecified atom stereocenters. The van der Waals surface area contributed by atoms with E-state index in [9.17, 15) is 9.59 Å². The number of rotatable bonds is 5. The van der Waals surface area contributed by atoms with Gasteiger partial charge >= 0.3 is 0 Å². The van der Waals surface area contributed by atoms with E-state index in [2.05, 4.69) is 5.32 Å². The van der Waals surface area contributed by atoms with Crippen LogP contribution in [0.1, 0.15) is 21.5 Å². The van der Waals surface area contributed by atoms with Gasteiger partial charge in [-0.2, -0.15) is 0 Å². The van der Waals surface area contributed by atoms with Gasteiger partial charge in [0, 0.05) is 25.3 Å². The Hall–Kier alpha value is -2.82. The minimum atomic E-state index is -0.105. The monoisotopic (exact) mass is 326 g/mol. The van der Waals surface area contributed by atoms with E-state index in [1.807, 2.05) is 25.1 Å². The van der Waals surface area contributed by atoms with Crippen LogP contribution in [0.3, 0.4) is 0 Å². The minimum absolute atomic E-state index is 0.0680. The van der Waals surface area contributed by atoms with Crippen molar-refractivity contribution >= 4 is 17.5 Å². The molecule has 5 heteroatoms. The van der Waals surface area contributed by atoms with Crippen LogP contribution in [-0.2, 0) is 11.2 Å². The van der Waals surface area contributed by atoms with Crippen molar-refractivity contribution in [3.8, 4) is 5.75 Å². The van der Waals surface area contributed by atoms with Crippen molar-refractivity contribution in [2.24, 2.45) is 0 Å². The average Bonchev–Trinajstić information content (AvgIpc) is 2.55. The number of nitrogens with zero attached hydrogens (tertiary/aromatic N) is 1. The standard InChI is InChI=1S/C19H22N2O3/c1-13-11-14(5-10-17(13)24-4)12-18(22)20-16-8-6-15(7-9-16)19(23)21(2)3/h5-11H,12H2,1-4H3,(H,20,22). The maximum Gasteiger partial charge on any atom is 0.253 e. The normalized spacial score (nSPS) is 10.2. The third-order valence-corrected chi connectivity index (χ3v) is 3.65. The SMILES string of the molecule is COc1ccc(CC(=O)Nc2ccc(C(=O)N(C)C)cc2)cc1C. The van der Waals surface area contributed by atoms with Crippen LogP contribution in [-0.4, -0.2) is 37.9 Å². The van der Waals surface area contributed by atoms with Gasteiger partial charge in [-0.15, -0.1) is 0 Å². The zero-order chi connectivity index (χ0) is 17.7. The Bertz CT molecular complexity index is 737. The van der Waals surface area contributed by atoms with Crippen molar-refractivity contribution < 1.29 is 14.3 Å². The molecule has 2 rings (SSSR count). The molecule has 24 heavy (non-hydrogen) atoms. The van der Waals surface area contributed by atoms with Crippen molar-refractivity contribution in [2.75, 3.05) is 26.5 Å². The van der Waals surface area contributed by atoms with Gasteiger partial charge in [0.2, 0.25) is 5.91 Å². The first-order chi connectivity index (χ1) is 11.4. The quantitative estimate of drug-likeness (QED) is 0.919. The number of hydrogen-bond donors (Lipinski definition) is 1. The number of amides is 2. The summed E-state index contributed by atoms with van der Waals surface area (Å²) in [4.78, 5) is 25.5. The highest BCUT2D eigenvalue weighted by atomic mass is 16.5. The largest absolute Gasteiger partial charge is 0.496 e. The Labute approximate surface area is 142 Å². The molecule has 0 bridgehead atoms. The lowest BCUT2D eigenvalue weighted by atomic mass is 10.1. The molecule has 0 spiro atoms. The van der Waals surface area contributed by atoms with Gasteiger partial charge in [0.25, 0.3) is 5.91 Å². The smallest absolute Gasteiger partial charge is 0.253 e. The van der Waals surface area contributed by atoms with E-state index in [0.717, 1.165) is 16.9 Å². The fourth-order valence-electron chi connectivity index (χ4n) is 2.40. The number of anilines is 1. The number of nitrogens with one attached hydrogen (secondary N) is 1. The van der Waals surface area contributed by atoms with E-state index in [-0.39, 0.29) is 18.2 Å². The number of hydrogen-bond acceptors (Lipinski definition) is 3. The third-order valence-electron chi connectivity index (χ3n) is 3.65. The lowest BCUT2D eigenvalue weighted by molar-refractivity contribution is -0.115. The first-order valence-corrected chi connectivity index (χ1v) is 7.66. The van der Waals surface area contributed by atoms with E-state index in [1.54, 1.807) is 45.5 Å².